The summed E-state index contributed by atoms with van der Waals surface area (Å²) in [6.45, 7) is 3.14. The second-order valence-corrected chi connectivity index (χ2v) is 10.2. The van der Waals surface area contributed by atoms with Gasteiger partial charge in [0.15, 0.2) is 0 Å². The topological polar surface area (TPSA) is 118 Å². The number of aliphatic hydroxyl groups is 1. The number of carboxylic acid groups (broad SMARTS) is 1. The molecule has 0 radical (unpaired) electrons. The summed E-state index contributed by atoms with van der Waals surface area (Å²) < 4.78 is 11.6. The van der Waals surface area contributed by atoms with Gasteiger partial charge in [0, 0.05) is 0 Å². The van der Waals surface area contributed by atoms with Crippen molar-refractivity contribution in [2.24, 2.45) is 0 Å². The number of carboxylic acids is 1. The first-order valence-corrected chi connectivity index (χ1v) is 12.9. The molecule has 2 N–H and O–H groups in total. The van der Waals surface area contributed by atoms with E-state index in [2.05, 4.69) is 9.88 Å². The van der Waals surface area contributed by atoms with Crippen LogP contribution in [0.25, 0.3) is 22.3 Å². The summed E-state index contributed by atoms with van der Waals surface area (Å²) in [5.74, 6) is -0.489. The molecule has 32 heavy (non-hydrogen) atoms. The number of carbonyl (C=O) groups is 1. The molecule has 1 atom stereocenters. The van der Waals surface area contributed by atoms with E-state index in [1.165, 1.54) is 0 Å². The first kappa shape index (κ1) is 22.6. The number of nitrogens with zero attached hydrogens (tertiary/aromatic N) is 4. The number of hydrogen-bond acceptors (Lipinski definition) is 8. The van der Waals surface area contributed by atoms with Gasteiger partial charge in [-0.3, -0.25) is 0 Å². The molecule has 1 fully saturated rings. The average molecular weight is 500 g/mol. The minimum atomic E-state index is -1.08. The van der Waals surface area contributed by atoms with Crippen LogP contribution in [-0.2, 0) is 16.1 Å². The number of rotatable bonds is 8. The zero-order valence-corrected chi connectivity index (χ0v) is 19.8. The molecule has 0 amide bonds. The SMILES string of the molecule is COCC[AsH]c1cc(C(=O)O)nc2c(-c3ccc(CO)cc3)nc(N3CCOCC3)nc12. The van der Waals surface area contributed by atoms with Crippen LogP contribution in [0.2, 0.25) is 5.21 Å². The molecule has 4 rings (SSSR count). The Kier molecular flexibility index (Phi) is 7.32. The van der Waals surface area contributed by atoms with E-state index in [1.54, 1.807) is 13.2 Å². The number of methoxy groups -OCH3 is 1. The summed E-state index contributed by atoms with van der Waals surface area (Å²) in [5.41, 5.74) is 3.33. The number of aliphatic hydroxyl groups excluding tert-OH is 1. The Balaban J connectivity index is 1.93. The predicted octanol–water partition coefficient (Wildman–Crippen LogP) is 0.845. The summed E-state index contributed by atoms with van der Waals surface area (Å²) in [4.78, 5) is 28.0. The fraction of sp³-hybridized carbons (Fsp3) is 0.364. The maximum atomic E-state index is 11.8. The van der Waals surface area contributed by atoms with Crippen molar-refractivity contribution in [3.05, 3.63) is 41.6 Å². The van der Waals surface area contributed by atoms with Crippen LogP contribution in [0.5, 0.6) is 0 Å². The Hall–Kier alpha value is -2.58. The van der Waals surface area contributed by atoms with E-state index in [9.17, 15) is 15.0 Å². The van der Waals surface area contributed by atoms with Crippen molar-refractivity contribution >= 4 is 43.1 Å². The molecule has 168 valence electrons. The third-order valence-electron chi connectivity index (χ3n) is 5.19. The van der Waals surface area contributed by atoms with Gasteiger partial charge in [0.1, 0.15) is 0 Å². The van der Waals surface area contributed by atoms with Crippen molar-refractivity contribution in [2.45, 2.75) is 11.8 Å². The number of ether oxygens (including phenoxy) is 2. The molecule has 0 saturated carbocycles. The molecule has 1 saturated heterocycles. The van der Waals surface area contributed by atoms with E-state index < -0.39 is 21.7 Å². The van der Waals surface area contributed by atoms with Crippen molar-refractivity contribution in [1.29, 1.82) is 0 Å². The van der Waals surface area contributed by atoms with Gasteiger partial charge in [0.25, 0.3) is 0 Å². The zero-order chi connectivity index (χ0) is 22.5. The van der Waals surface area contributed by atoms with Crippen molar-refractivity contribution < 1.29 is 24.5 Å². The van der Waals surface area contributed by atoms with Gasteiger partial charge in [-0.05, 0) is 0 Å². The Morgan fingerprint density at radius 1 is 1.16 bits per heavy atom. The summed E-state index contributed by atoms with van der Waals surface area (Å²) >= 11 is -0.698. The van der Waals surface area contributed by atoms with Crippen LogP contribution < -0.4 is 9.25 Å². The van der Waals surface area contributed by atoms with E-state index >= 15 is 0 Å². The molecule has 0 aliphatic carbocycles. The van der Waals surface area contributed by atoms with Crippen molar-refractivity contribution in [3.63, 3.8) is 0 Å². The number of morpholine rings is 1. The van der Waals surface area contributed by atoms with Gasteiger partial charge in [-0.2, -0.15) is 0 Å². The molecule has 0 spiro atoms. The van der Waals surface area contributed by atoms with Crippen molar-refractivity contribution in [1.82, 2.24) is 15.0 Å². The van der Waals surface area contributed by atoms with Crippen LogP contribution in [-0.4, -0.2) is 86.9 Å². The van der Waals surface area contributed by atoms with E-state index in [0.717, 1.165) is 20.7 Å². The number of pyridine rings is 1. The van der Waals surface area contributed by atoms with E-state index in [0.29, 0.717) is 55.6 Å². The summed E-state index contributed by atoms with van der Waals surface area (Å²) in [6, 6.07) is 9.03. The molecule has 3 heterocycles. The Labute approximate surface area is 192 Å². The predicted molar refractivity (Wildman–Crippen MR) is 122 cm³/mol. The molecule has 1 unspecified atom stereocenters. The van der Waals surface area contributed by atoms with E-state index in [-0.39, 0.29) is 12.3 Å². The Morgan fingerprint density at radius 3 is 2.56 bits per heavy atom. The normalized spacial score (nSPS) is 14.5. The average Bonchev–Trinajstić information content (AvgIpc) is 2.84. The van der Waals surface area contributed by atoms with Gasteiger partial charge in [0.2, 0.25) is 0 Å². The molecule has 0 bridgehead atoms. The molecule has 3 aromatic rings. The summed E-state index contributed by atoms with van der Waals surface area (Å²) in [7, 11) is 1.66. The quantitative estimate of drug-likeness (QED) is 0.343. The standard InChI is InChI=1S/C22H25AsN4O5/c1-31-9-6-23-16-12-17(21(29)30)24-20-18(15-4-2-14(13-28)3-5-15)25-22(26-19(16)20)27-7-10-32-11-8-27/h2-5,12,23,28H,6-11,13H2,1H3,(H,29,30). The first-order chi connectivity index (χ1) is 15.6. The fourth-order valence-electron chi connectivity index (χ4n) is 3.50. The van der Waals surface area contributed by atoms with Crippen molar-refractivity contribution in [2.75, 3.05) is 44.9 Å². The van der Waals surface area contributed by atoms with Gasteiger partial charge in [-0.15, -0.1) is 0 Å². The molecule has 10 heteroatoms. The van der Waals surface area contributed by atoms with Gasteiger partial charge in [-0.1, -0.05) is 0 Å². The van der Waals surface area contributed by atoms with Crippen LogP contribution in [0.4, 0.5) is 5.95 Å². The van der Waals surface area contributed by atoms with Crippen LogP contribution in [0.1, 0.15) is 16.1 Å². The molecule has 1 aliphatic heterocycles. The molecule has 1 aliphatic rings. The summed E-state index contributed by atoms with van der Waals surface area (Å²) in [6.07, 6.45) is 0. The molecule has 2 aromatic heterocycles. The summed E-state index contributed by atoms with van der Waals surface area (Å²) in [5, 5.41) is 19.9. The van der Waals surface area contributed by atoms with Crippen LogP contribution in [0, 0.1) is 0 Å². The van der Waals surface area contributed by atoms with Gasteiger partial charge < -0.3 is 0 Å². The van der Waals surface area contributed by atoms with Crippen LogP contribution in [0.15, 0.2) is 30.3 Å². The maximum absolute atomic E-state index is 11.8. The second kappa shape index (κ2) is 10.4. The van der Waals surface area contributed by atoms with Crippen molar-refractivity contribution in [3.8, 4) is 11.3 Å². The third-order valence-corrected chi connectivity index (χ3v) is 7.74. The number of fused-ring (bicyclic) bond motifs is 1. The van der Waals surface area contributed by atoms with Crippen LogP contribution in [0.3, 0.4) is 0 Å². The number of aromatic carboxylic acids is 1. The number of anilines is 1. The first-order valence-electron chi connectivity index (χ1n) is 10.3. The molecular weight excluding hydrogens is 475 g/mol. The Morgan fingerprint density at radius 2 is 1.91 bits per heavy atom. The monoisotopic (exact) mass is 500 g/mol. The second-order valence-electron chi connectivity index (χ2n) is 7.30. The molecule has 1 aromatic carbocycles. The molecular formula is C22H25AsN4O5. The number of aromatic nitrogens is 3. The zero-order valence-electron chi connectivity index (χ0n) is 17.7. The third kappa shape index (κ3) is 4.91. The van der Waals surface area contributed by atoms with Crippen LogP contribution >= 0.6 is 0 Å². The Bertz CT molecular complexity index is 1100. The number of hydrogen-bond donors (Lipinski definition) is 2. The van der Waals surface area contributed by atoms with Gasteiger partial charge >= 0.3 is 192 Å². The van der Waals surface area contributed by atoms with Gasteiger partial charge in [-0.25, -0.2) is 0 Å². The van der Waals surface area contributed by atoms with E-state index in [1.807, 2.05) is 24.3 Å². The van der Waals surface area contributed by atoms with Gasteiger partial charge in [0.05, 0.1) is 0 Å². The van der Waals surface area contributed by atoms with E-state index in [4.69, 9.17) is 19.4 Å². The number of benzene rings is 1. The minimum absolute atomic E-state index is 0.00961. The fourth-order valence-corrected chi connectivity index (χ4v) is 5.93. The molecule has 9 nitrogen and oxygen atoms in total.